The van der Waals surface area contributed by atoms with E-state index in [-0.39, 0.29) is 5.69 Å². The highest BCUT2D eigenvalue weighted by molar-refractivity contribution is 5.39. The molecular formula is C16H22F2N6. The van der Waals surface area contributed by atoms with Crippen molar-refractivity contribution in [3.63, 3.8) is 0 Å². The van der Waals surface area contributed by atoms with Crippen molar-refractivity contribution in [1.29, 1.82) is 0 Å². The van der Waals surface area contributed by atoms with E-state index >= 15 is 0 Å². The number of anilines is 1. The fourth-order valence-electron chi connectivity index (χ4n) is 3.19. The average Bonchev–Trinajstić information content (AvgIpc) is 3.13. The summed E-state index contributed by atoms with van der Waals surface area (Å²) in [5.41, 5.74) is 1.42. The van der Waals surface area contributed by atoms with E-state index in [9.17, 15) is 8.78 Å². The lowest BCUT2D eigenvalue weighted by molar-refractivity contribution is 0.142. The number of likely N-dealkylation sites (tertiary alicyclic amines) is 1. The van der Waals surface area contributed by atoms with Crippen LogP contribution in [0.5, 0.6) is 0 Å². The fourth-order valence-corrected chi connectivity index (χ4v) is 3.19. The molecule has 24 heavy (non-hydrogen) atoms. The molecule has 3 heterocycles. The Hall–Kier alpha value is -2.09. The van der Waals surface area contributed by atoms with E-state index in [0.29, 0.717) is 18.2 Å². The monoisotopic (exact) mass is 336 g/mol. The maximum Gasteiger partial charge on any atom is 0.282 e. The van der Waals surface area contributed by atoms with Gasteiger partial charge in [0, 0.05) is 63.3 Å². The van der Waals surface area contributed by atoms with Gasteiger partial charge in [0.25, 0.3) is 6.43 Å². The van der Waals surface area contributed by atoms with Crippen LogP contribution in [0, 0.1) is 6.92 Å². The number of alkyl halides is 2. The van der Waals surface area contributed by atoms with E-state index in [4.69, 9.17) is 0 Å². The molecule has 0 bridgehead atoms. The average molecular weight is 336 g/mol. The number of hydrogen-bond donors (Lipinski definition) is 0. The molecule has 2 aromatic rings. The molecule has 6 nitrogen and oxygen atoms in total. The molecular weight excluding hydrogens is 314 g/mol. The van der Waals surface area contributed by atoms with E-state index in [1.807, 2.05) is 20.0 Å². The van der Waals surface area contributed by atoms with Crippen molar-refractivity contribution in [3.05, 3.63) is 35.5 Å². The molecule has 1 aliphatic heterocycles. The van der Waals surface area contributed by atoms with Crippen LogP contribution in [0.3, 0.4) is 0 Å². The molecule has 1 fully saturated rings. The quantitative estimate of drug-likeness (QED) is 0.837. The third-order valence-corrected chi connectivity index (χ3v) is 4.48. The Balaban J connectivity index is 1.65. The van der Waals surface area contributed by atoms with Crippen LogP contribution in [0.15, 0.2) is 18.6 Å². The number of aryl methyl sites for hydroxylation is 2. The van der Waals surface area contributed by atoms with E-state index in [2.05, 4.69) is 24.9 Å². The van der Waals surface area contributed by atoms with Gasteiger partial charge in [-0.2, -0.15) is 5.10 Å². The molecule has 1 saturated heterocycles. The van der Waals surface area contributed by atoms with E-state index < -0.39 is 6.43 Å². The van der Waals surface area contributed by atoms with Crippen LogP contribution in [0.25, 0.3) is 0 Å². The van der Waals surface area contributed by atoms with Crippen LogP contribution in [0.2, 0.25) is 0 Å². The topological polar surface area (TPSA) is 50.1 Å². The summed E-state index contributed by atoms with van der Waals surface area (Å²) in [5.74, 6) is 0.893. The van der Waals surface area contributed by atoms with Gasteiger partial charge in [0.05, 0.1) is 0 Å². The normalized spacial score (nSPS) is 18.5. The molecule has 3 rings (SSSR count). The molecule has 0 amide bonds. The van der Waals surface area contributed by atoms with Crippen molar-refractivity contribution >= 4 is 5.82 Å². The molecule has 1 unspecified atom stereocenters. The summed E-state index contributed by atoms with van der Waals surface area (Å²) in [6.07, 6.45) is 1.69. The van der Waals surface area contributed by atoms with Gasteiger partial charge < -0.3 is 4.90 Å². The molecule has 1 aliphatic rings. The van der Waals surface area contributed by atoms with Crippen LogP contribution >= 0.6 is 0 Å². The molecule has 130 valence electrons. The van der Waals surface area contributed by atoms with Crippen molar-refractivity contribution in [1.82, 2.24) is 24.6 Å². The first-order valence-electron chi connectivity index (χ1n) is 7.98. The highest BCUT2D eigenvalue weighted by Gasteiger charge is 2.28. The van der Waals surface area contributed by atoms with Crippen LogP contribution < -0.4 is 4.90 Å². The largest absolute Gasteiger partial charge is 0.355 e. The van der Waals surface area contributed by atoms with Crippen molar-refractivity contribution in [3.8, 4) is 0 Å². The minimum Gasteiger partial charge on any atom is -0.355 e. The van der Waals surface area contributed by atoms with Gasteiger partial charge in [-0.05, 0) is 13.3 Å². The summed E-state index contributed by atoms with van der Waals surface area (Å²) in [5, 5.41) is 3.88. The summed E-state index contributed by atoms with van der Waals surface area (Å²) in [4.78, 5) is 12.8. The first-order chi connectivity index (χ1) is 11.4. The molecule has 0 aliphatic carbocycles. The molecule has 0 radical (unpaired) electrons. The van der Waals surface area contributed by atoms with Gasteiger partial charge in [-0.1, -0.05) is 0 Å². The molecule has 0 saturated carbocycles. The molecule has 0 N–H and O–H groups in total. The molecule has 0 spiro atoms. The minimum absolute atomic E-state index is 0.110. The summed E-state index contributed by atoms with van der Waals surface area (Å²) in [7, 11) is 3.69. The third-order valence-electron chi connectivity index (χ3n) is 4.48. The summed E-state index contributed by atoms with van der Waals surface area (Å²) < 4.78 is 27.6. The lowest BCUT2D eigenvalue weighted by atomic mass is 10.2. The van der Waals surface area contributed by atoms with Gasteiger partial charge in [-0.25, -0.2) is 18.7 Å². The maximum atomic E-state index is 13.1. The van der Waals surface area contributed by atoms with Crippen LogP contribution in [-0.4, -0.2) is 50.8 Å². The van der Waals surface area contributed by atoms with Gasteiger partial charge in [0.15, 0.2) is 0 Å². The maximum absolute atomic E-state index is 13.1. The Morgan fingerprint density at radius 3 is 2.88 bits per heavy atom. The van der Waals surface area contributed by atoms with Gasteiger partial charge in [0.1, 0.15) is 17.8 Å². The highest BCUT2D eigenvalue weighted by atomic mass is 19.3. The predicted octanol–water partition coefficient (Wildman–Crippen LogP) is 2.17. The van der Waals surface area contributed by atoms with Crippen LogP contribution in [0.4, 0.5) is 14.6 Å². The van der Waals surface area contributed by atoms with Crippen molar-refractivity contribution in [2.24, 2.45) is 7.05 Å². The minimum atomic E-state index is -2.54. The highest BCUT2D eigenvalue weighted by Crippen LogP contribution is 2.25. The van der Waals surface area contributed by atoms with E-state index in [0.717, 1.165) is 31.0 Å². The number of likely N-dealkylation sites (N-methyl/N-ethyl adjacent to an activating group) is 1. The number of rotatable bonds is 5. The molecule has 2 aromatic heterocycles. The van der Waals surface area contributed by atoms with Crippen molar-refractivity contribution in [2.75, 3.05) is 25.0 Å². The van der Waals surface area contributed by atoms with Gasteiger partial charge >= 0.3 is 0 Å². The second-order valence-corrected chi connectivity index (χ2v) is 6.32. The molecule has 8 heteroatoms. The predicted molar refractivity (Wildman–Crippen MR) is 87.0 cm³/mol. The lowest BCUT2D eigenvalue weighted by Crippen LogP contribution is -2.35. The van der Waals surface area contributed by atoms with Crippen molar-refractivity contribution < 1.29 is 8.78 Å². The number of halogens is 2. The number of hydrogen-bond acceptors (Lipinski definition) is 5. The number of aromatic nitrogens is 4. The Kier molecular flexibility index (Phi) is 4.75. The Morgan fingerprint density at radius 2 is 2.17 bits per heavy atom. The fraction of sp³-hybridized carbons (Fsp3) is 0.562. The molecule has 1 atom stereocenters. The standard InChI is InChI=1S/C16H22F2N6/c1-11-6-14(20-10-19-11)23(3)13-4-5-24(9-13)8-12-7-22(2)21-15(12)16(17)18/h6-7,10,13,16H,4-5,8-9H2,1-3H3. The van der Waals surface area contributed by atoms with Gasteiger partial charge in [-0.15, -0.1) is 0 Å². The van der Waals surface area contributed by atoms with E-state index in [1.54, 1.807) is 19.6 Å². The van der Waals surface area contributed by atoms with Crippen LogP contribution in [0.1, 0.15) is 29.8 Å². The summed E-state index contributed by atoms with van der Waals surface area (Å²) in [6, 6.07) is 2.27. The zero-order chi connectivity index (χ0) is 17.3. The third kappa shape index (κ3) is 3.53. The first kappa shape index (κ1) is 16.8. The second-order valence-electron chi connectivity index (χ2n) is 6.32. The Labute approximate surface area is 140 Å². The van der Waals surface area contributed by atoms with Gasteiger partial charge in [-0.3, -0.25) is 9.58 Å². The Bertz CT molecular complexity index is 702. The van der Waals surface area contributed by atoms with E-state index in [1.165, 1.54) is 4.68 Å². The lowest BCUT2D eigenvalue weighted by Gasteiger charge is -2.26. The summed E-state index contributed by atoms with van der Waals surface area (Å²) in [6.45, 7) is 4.13. The van der Waals surface area contributed by atoms with Crippen LogP contribution in [-0.2, 0) is 13.6 Å². The SMILES string of the molecule is Cc1cc(N(C)C2CCN(Cc3cn(C)nc3C(F)F)C2)ncn1. The smallest absolute Gasteiger partial charge is 0.282 e. The van der Waals surface area contributed by atoms with Crippen molar-refractivity contribution in [2.45, 2.75) is 32.4 Å². The molecule has 0 aromatic carbocycles. The summed E-state index contributed by atoms with van der Waals surface area (Å²) >= 11 is 0. The van der Waals surface area contributed by atoms with Gasteiger partial charge in [0.2, 0.25) is 0 Å². The zero-order valence-electron chi connectivity index (χ0n) is 14.2. The first-order valence-corrected chi connectivity index (χ1v) is 7.98. The Morgan fingerprint density at radius 1 is 1.38 bits per heavy atom. The second kappa shape index (κ2) is 6.80. The zero-order valence-corrected chi connectivity index (χ0v) is 14.2. The number of nitrogens with zero attached hydrogens (tertiary/aromatic N) is 6.